The molecule has 0 bridgehead atoms. The quantitative estimate of drug-likeness (QED) is 0.815. The molecule has 1 fully saturated rings. The first-order chi connectivity index (χ1) is 9.75. The molecule has 0 unspecified atom stereocenters. The van der Waals surface area contributed by atoms with Crippen LogP contribution < -0.4 is 10.9 Å². The van der Waals surface area contributed by atoms with Crippen LogP contribution in [0.4, 0.5) is 0 Å². The lowest BCUT2D eigenvalue weighted by Gasteiger charge is -2.06. The number of nitrogens with one attached hydrogen (secondary N) is 2. The number of carbonyl (C=O) groups is 1. The second-order valence-electron chi connectivity index (χ2n) is 5.29. The number of hydrogen-bond donors (Lipinski definition) is 2. The van der Waals surface area contributed by atoms with Crippen LogP contribution in [0.5, 0.6) is 0 Å². The maximum Gasteiger partial charge on any atom is 0.272 e. The summed E-state index contributed by atoms with van der Waals surface area (Å²) in [7, 11) is 0. The van der Waals surface area contributed by atoms with E-state index in [4.69, 9.17) is 0 Å². The molecule has 1 aromatic carbocycles. The second-order valence-corrected chi connectivity index (χ2v) is 5.29. The Labute approximate surface area is 116 Å². The summed E-state index contributed by atoms with van der Waals surface area (Å²) in [5, 5.41) is 10.2. The van der Waals surface area contributed by atoms with Gasteiger partial charge >= 0.3 is 0 Å². The molecule has 1 aliphatic rings. The van der Waals surface area contributed by atoms with Crippen molar-refractivity contribution in [2.24, 2.45) is 5.92 Å². The summed E-state index contributed by atoms with van der Waals surface area (Å²) in [6.07, 6.45) is 4.85. The van der Waals surface area contributed by atoms with Gasteiger partial charge in [-0.1, -0.05) is 31.0 Å². The fourth-order valence-electron chi connectivity index (χ4n) is 2.37. The standard InChI is InChI=1S/C15H17N3O2/c19-14-12-6-2-1-5-11(12)13(17-18-14)15(20)16-9-3-4-10-7-8-10/h1-2,5-6,10H,3-4,7-9H2,(H,16,20)(H,18,19). The van der Waals surface area contributed by atoms with Crippen LogP contribution in [-0.2, 0) is 0 Å². The minimum Gasteiger partial charge on any atom is -0.351 e. The van der Waals surface area contributed by atoms with Crippen molar-refractivity contribution in [3.63, 3.8) is 0 Å². The monoisotopic (exact) mass is 271 g/mol. The van der Waals surface area contributed by atoms with Gasteiger partial charge in [0.25, 0.3) is 11.5 Å². The predicted molar refractivity (Wildman–Crippen MR) is 76.7 cm³/mol. The molecule has 1 saturated carbocycles. The zero-order valence-electron chi connectivity index (χ0n) is 11.2. The first kappa shape index (κ1) is 12.8. The highest BCUT2D eigenvalue weighted by Crippen LogP contribution is 2.33. The van der Waals surface area contributed by atoms with Gasteiger partial charge < -0.3 is 5.32 Å². The Kier molecular flexibility index (Phi) is 3.50. The lowest BCUT2D eigenvalue weighted by Crippen LogP contribution is -2.27. The van der Waals surface area contributed by atoms with Crippen LogP contribution in [0.1, 0.15) is 36.2 Å². The minimum absolute atomic E-state index is 0.228. The van der Waals surface area contributed by atoms with E-state index >= 15 is 0 Å². The van der Waals surface area contributed by atoms with E-state index in [1.807, 2.05) is 0 Å². The van der Waals surface area contributed by atoms with Gasteiger partial charge in [-0.3, -0.25) is 9.59 Å². The third-order valence-electron chi connectivity index (χ3n) is 3.68. The molecule has 20 heavy (non-hydrogen) atoms. The average molecular weight is 271 g/mol. The Morgan fingerprint density at radius 3 is 2.80 bits per heavy atom. The van der Waals surface area contributed by atoms with Crippen molar-refractivity contribution >= 4 is 16.7 Å². The molecule has 1 amide bonds. The molecular weight excluding hydrogens is 254 g/mol. The van der Waals surface area contributed by atoms with Crippen molar-refractivity contribution in [2.45, 2.75) is 25.7 Å². The van der Waals surface area contributed by atoms with E-state index in [2.05, 4.69) is 15.5 Å². The van der Waals surface area contributed by atoms with Crippen LogP contribution in [0.2, 0.25) is 0 Å². The third kappa shape index (κ3) is 2.71. The fourth-order valence-corrected chi connectivity index (χ4v) is 2.37. The Bertz CT molecular complexity index is 689. The molecule has 1 aromatic heterocycles. The highest BCUT2D eigenvalue weighted by Gasteiger charge is 2.20. The van der Waals surface area contributed by atoms with Crippen LogP contribution in [0.15, 0.2) is 29.1 Å². The molecule has 2 aromatic rings. The van der Waals surface area contributed by atoms with Gasteiger partial charge in [0.15, 0.2) is 5.69 Å². The minimum atomic E-state index is -0.272. The van der Waals surface area contributed by atoms with Crippen molar-refractivity contribution < 1.29 is 4.79 Å². The zero-order chi connectivity index (χ0) is 13.9. The number of fused-ring (bicyclic) bond motifs is 1. The van der Waals surface area contributed by atoms with Gasteiger partial charge in [0.1, 0.15) is 0 Å². The predicted octanol–water partition coefficient (Wildman–Crippen LogP) is 1.84. The molecule has 3 rings (SSSR count). The van der Waals surface area contributed by atoms with Gasteiger partial charge in [0.05, 0.1) is 5.39 Å². The smallest absolute Gasteiger partial charge is 0.272 e. The van der Waals surface area contributed by atoms with E-state index in [1.54, 1.807) is 24.3 Å². The number of hydrogen-bond acceptors (Lipinski definition) is 3. The van der Waals surface area contributed by atoms with E-state index < -0.39 is 0 Å². The summed E-state index contributed by atoms with van der Waals surface area (Å²) in [4.78, 5) is 23.8. The Hall–Kier alpha value is -2.17. The van der Waals surface area contributed by atoms with Crippen LogP contribution in [0, 0.1) is 5.92 Å². The van der Waals surface area contributed by atoms with Gasteiger partial charge in [0, 0.05) is 11.9 Å². The number of benzene rings is 1. The van der Waals surface area contributed by atoms with Crippen LogP contribution in [0.25, 0.3) is 10.8 Å². The van der Waals surface area contributed by atoms with E-state index in [1.165, 1.54) is 19.3 Å². The molecule has 1 aliphatic carbocycles. The lowest BCUT2D eigenvalue weighted by molar-refractivity contribution is 0.0948. The van der Waals surface area contributed by atoms with Gasteiger partial charge in [0.2, 0.25) is 0 Å². The molecule has 0 atom stereocenters. The average Bonchev–Trinajstić information content (AvgIpc) is 3.28. The number of aromatic nitrogens is 2. The third-order valence-corrected chi connectivity index (χ3v) is 3.68. The van der Waals surface area contributed by atoms with Crippen molar-refractivity contribution in [1.29, 1.82) is 0 Å². The fraction of sp³-hybridized carbons (Fsp3) is 0.400. The second kappa shape index (κ2) is 5.45. The maximum atomic E-state index is 12.1. The normalized spacial score (nSPS) is 14.4. The summed E-state index contributed by atoms with van der Waals surface area (Å²) in [5.74, 6) is 0.646. The van der Waals surface area contributed by atoms with E-state index in [0.717, 1.165) is 12.3 Å². The molecule has 0 spiro atoms. The van der Waals surface area contributed by atoms with Crippen LogP contribution in [-0.4, -0.2) is 22.6 Å². The highest BCUT2D eigenvalue weighted by atomic mass is 16.2. The summed E-state index contributed by atoms with van der Waals surface area (Å²) in [6.45, 7) is 0.657. The number of aromatic amines is 1. The summed E-state index contributed by atoms with van der Waals surface area (Å²) in [6, 6.07) is 7.01. The molecule has 1 heterocycles. The van der Waals surface area contributed by atoms with Gasteiger partial charge in [-0.15, -0.1) is 0 Å². The van der Waals surface area contributed by atoms with Crippen molar-refractivity contribution in [3.8, 4) is 0 Å². The zero-order valence-corrected chi connectivity index (χ0v) is 11.2. The first-order valence-electron chi connectivity index (χ1n) is 7.01. The van der Waals surface area contributed by atoms with Crippen molar-refractivity contribution in [1.82, 2.24) is 15.5 Å². The van der Waals surface area contributed by atoms with E-state index in [0.29, 0.717) is 17.3 Å². The molecule has 5 heteroatoms. The maximum absolute atomic E-state index is 12.1. The molecule has 0 radical (unpaired) electrons. The van der Waals surface area contributed by atoms with E-state index in [-0.39, 0.29) is 17.2 Å². The summed E-state index contributed by atoms with van der Waals surface area (Å²) < 4.78 is 0. The van der Waals surface area contributed by atoms with Crippen molar-refractivity contribution in [3.05, 3.63) is 40.3 Å². The first-order valence-corrected chi connectivity index (χ1v) is 7.01. The molecule has 0 aliphatic heterocycles. The lowest BCUT2D eigenvalue weighted by atomic mass is 10.1. The van der Waals surface area contributed by atoms with Crippen molar-refractivity contribution in [2.75, 3.05) is 6.54 Å². The number of rotatable bonds is 5. The number of carbonyl (C=O) groups excluding carboxylic acids is 1. The van der Waals surface area contributed by atoms with Crippen LogP contribution >= 0.6 is 0 Å². The molecule has 0 saturated heterocycles. The topological polar surface area (TPSA) is 74.8 Å². The largest absolute Gasteiger partial charge is 0.351 e. The molecule has 5 nitrogen and oxygen atoms in total. The Morgan fingerprint density at radius 2 is 2.05 bits per heavy atom. The summed E-state index contributed by atoms with van der Waals surface area (Å²) in [5.41, 5.74) is 0.0116. The Morgan fingerprint density at radius 1 is 1.30 bits per heavy atom. The van der Waals surface area contributed by atoms with Gasteiger partial charge in [-0.2, -0.15) is 5.10 Å². The molecule has 104 valence electrons. The summed E-state index contributed by atoms with van der Waals surface area (Å²) >= 11 is 0. The number of nitrogens with zero attached hydrogens (tertiary/aromatic N) is 1. The van der Waals surface area contributed by atoms with E-state index in [9.17, 15) is 9.59 Å². The SMILES string of the molecule is O=C(NCCCC1CC1)c1n[nH]c(=O)c2ccccc12. The van der Waals surface area contributed by atoms with Gasteiger partial charge in [-0.05, 0) is 24.8 Å². The highest BCUT2D eigenvalue weighted by molar-refractivity contribution is 6.04. The number of H-pyrrole nitrogens is 1. The van der Waals surface area contributed by atoms with Crippen LogP contribution in [0.3, 0.4) is 0 Å². The number of amides is 1. The molecular formula is C15H17N3O2. The Balaban J connectivity index is 1.73. The molecule has 2 N–H and O–H groups in total. The van der Waals surface area contributed by atoms with Gasteiger partial charge in [-0.25, -0.2) is 5.10 Å².